The molecule has 0 amide bonds. The molecule has 0 fully saturated rings. The number of carbonyl (C=O) groups excluding carboxylic acids is 1. The van der Waals surface area contributed by atoms with E-state index in [2.05, 4.69) is 5.10 Å². The average Bonchev–Trinajstić information content (AvgIpc) is 2.17. The summed E-state index contributed by atoms with van der Waals surface area (Å²) >= 11 is 0. The third-order valence-corrected chi connectivity index (χ3v) is 2.26. The fourth-order valence-corrected chi connectivity index (χ4v) is 1.64. The Morgan fingerprint density at radius 2 is 2.00 bits per heavy atom. The third-order valence-electron chi connectivity index (χ3n) is 2.26. The number of cyclic esters (lactones) is 1. The van der Waals surface area contributed by atoms with Gasteiger partial charge in [-0.15, -0.1) is 5.10 Å². The van der Waals surface area contributed by atoms with Crippen LogP contribution in [0.25, 0.3) is 0 Å². The van der Waals surface area contributed by atoms with Crippen LogP contribution in [0.2, 0.25) is 0 Å². The zero-order chi connectivity index (χ0) is 10.8. The molecule has 1 atom stereocenters. The van der Waals surface area contributed by atoms with E-state index in [1.165, 1.54) is 0 Å². The van der Waals surface area contributed by atoms with Crippen molar-refractivity contribution >= 4 is 11.9 Å². The van der Waals surface area contributed by atoms with Crippen molar-refractivity contribution < 1.29 is 9.53 Å². The van der Waals surface area contributed by atoms with Gasteiger partial charge in [-0.05, 0) is 5.56 Å². The number of hydrazone groups is 1. The maximum absolute atomic E-state index is 11.7. The van der Waals surface area contributed by atoms with Gasteiger partial charge in [0.15, 0.2) is 6.04 Å². The number of likely N-dealkylation sites (N-methyl/N-ethyl adjacent to an activating group) is 1. The van der Waals surface area contributed by atoms with Crippen LogP contribution in [0, 0.1) is 0 Å². The second-order valence-corrected chi connectivity index (χ2v) is 3.43. The summed E-state index contributed by atoms with van der Waals surface area (Å²) in [6, 6.07) is 9.03. The molecular formula is C11H12N2O2. The van der Waals surface area contributed by atoms with Gasteiger partial charge in [-0.25, -0.2) is 4.79 Å². The van der Waals surface area contributed by atoms with E-state index in [1.54, 1.807) is 19.0 Å². The molecule has 0 aliphatic carbocycles. The van der Waals surface area contributed by atoms with E-state index in [1.807, 2.05) is 30.3 Å². The van der Waals surface area contributed by atoms with Crippen LogP contribution in [-0.2, 0) is 9.53 Å². The summed E-state index contributed by atoms with van der Waals surface area (Å²) in [7, 11) is 1.77. The minimum Gasteiger partial charge on any atom is -0.408 e. The Morgan fingerprint density at radius 3 is 2.60 bits per heavy atom. The predicted octanol–water partition coefficient (Wildman–Crippen LogP) is 1.55. The molecule has 0 bridgehead atoms. The van der Waals surface area contributed by atoms with Crippen molar-refractivity contribution in [3.05, 3.63) is 35.9 Å². The Morgan fingerprint density at radius 1 is 1.33 bits per heavy atom. The molecule has 4 heteroatoms. The Balaban J connectivity index is 2.34. The van der Waals surface area contributed by atoms with Crippen molar-refractivity contribution in [2.24, 2.45) is 5.10 Å². The van der Waals surface area contributed by atoms with E-state index >= 15 is 0 Å². The molecule has 1 heterocycles. The normalized spacial score (nSPS) is 20.9. The minimum atomic E-state index is -0.435. The fraction of sp³-hybridized carbons (Fsp3) is 0.273. The molecule has 1 aliphatic heterocycles. The van der Waals surface area contributed by atoms with Crippen LogP contribution in [0.15, 0.2) is 35.4 Å². The van der Waals surface area contributed by atoms with Crippen molar-refractivity contribution in [2.45, 2.75) is 13.0 Å². The second kappa shape index (κ2) is 3.73. The van der Waals surface area contributed by atoms with Crippen LogP contribution in [-0.4, -0.2) is 23.9 Å². The molecular weight excluding hydrogens is 192 g/mol. The fourth-order valence-electron chi connectivity index (χ4n) is 1.64. The number of carbonyl (C=O) groups is 1. The standard InChI is InChI=1S/C11H12N2O2/c1-8-12-13(2)10(11(14)15-8)9-6-4-3-5-7-9/h3-7,10H,1-2H3. The number of hydrogen-bond acceptors (Lipinski definition) is 4. The molecule has 1 aromatic rings. The zero-order valence-electron chi connectivity index (χ0n) is 8.68. The first-order chi connectivity index (χ1) is 7.18. The quantitative estimate of drug-likeness (QED) is 0.652. The summed E-state index contributed by atoms with van der Waals surface area (Å²) < 4.78 is 4.99. The summed E-state index contributed by atoms with van der Waals surface area (Å²) in [6.07, 6.45) is 0. The number of rotatable bonds is 1. The summed E-state index contributed by atoms with van der Waals surface area (Å²) in [5, 5.41) is 5.72. The van der Waals surface area contributed by atoms with Gasteiger partial charge in [0.05, 0.1) is 0 Å². The lowest BCUT2D eigenvalue weighted by molar-refractivity contribution is -0.143. The Labute approximate surface area is 88.2 Å². The van der Waals surface area contributed by atoms with Crippen molar-refractivity contribution in [3.8, 4) is 0 Å². The van der Waals surface area contributed by atoms with Crippen molar-refractivity contribution in [1.29, 1.82) is 0 Å². The lowest BCUT2D eigenvalue weighted by Crippen LogP contribution is -2.35. The average molecular weight is 204 g/mol. The molecule has 0 N–H and O–H groups in total. The van der Waals surface area contributed by atoms with E-state index < -0.39 is 6.04 Å². The summed E-state index contributed by atoms with van der Waals surface area (Å²) in [4.78, 5) is 11.7. The highest BCUT2D eigenvalue weighted by Crippen LogP contribution is 2.24. The lowest BCUT2D eigenvalue weighted by Gasteiger charge is -2.28. The maximum Gasteiger partial charge on any atom is 0.341 e. The van der Waals surface area contributed by atoms with Gasteiger partial charge >= 0.3 is 5.97 Å². The highest BCUT2D eigenvalue weighted by atomic mass is 16.5. The van der Waals surface area contributed by atoms with Crippen LogP contribution in [0.5, 0.6) is 0 Å². The van der Waals surface area contributed by atoms with E-state index in [9.17, 15) is 4.79 Å². The van der Waals surface area contributed by atoms with Crippen LogP contribution in [0.1, 0.15) is 18.5 Å². The SMILES string of the molecule is CC1=NN(C)C(c2ccccc2)C(=O)O1. The summed E-state index contributed by atoms with van der Waals surface area (Å²) in [5.74, 6) is 0.103. The van der Waals surface area contributed by atoms with E-state index in [-0.39, 0.29) is 5.97 Å². The van der Waals surface area contributed by atoms with Gasteiger partial charge in [-0.1, -0.05) is 30.3 Å². The number of ether oxygens (including phenoxy) is 1. The third kappa shape index (κ3) is 1.83. The molecule has 1 aliphatic rings. The zero-order valence-corrected chi connectivity index (χ0v) is 8.68. The molecule has 0 radical (unpaired) electrons. The first kappa shape index (κ1) is 9.71. The predicted molar refractivity (Wildman–Crippen MR) is 56.1 cm³/mol. The number of esters is 1. The van der Waals surface area contributed by atoms with Crippen molar-refractivity contribution in [2.75, 3.05) is 7.05 Å². The topological polar surface area (TPSA) is 41.9 Å². The van der Waals surface area contributed by atoms with Crippen LogP contribution >= 0.6 is 0 Å². The second-order valence-electron chi connectivity index (χ2n) is 3.43. The van der Waals surface area contributed by atoms with Crippen LogP contribution < -0.4 is 0 Å². The Bertz CT molecular complexity index is 400. The Hall–Kier alpha value is -1.84. The highest BCUT2D eigenvalue weighted by Gasteiger charge is 2.30. The minimum absolute atomic E-state index is 0.281. The maximum atomic E-state index is 11.7. The Kier molecular flexibility index (Phi) is 2.41. The van der Waals surface area contributed by atoms with Gasteiger partial charge in [0, 0.05) is 14.0 Å². The van der Waals surface area contributed by atoms with Crippen LogP contribution in [0.3, 0.4) is 0 Å². The molecule has 0 saturated heterocycles. The lowest BCUT2D eigenvalue weighted by atomic mass is 10.1. The van der Waals surface area contributed by atoms with E-state index in [0.29, 0.717) is 5.90 Å². The van der Waals surface area contributed by atoms with Gasteiger partial charge in [-0.2, -0.15) is 0 Å². The molecule has 78 valence electrons. The smallest absolute Gasteiger partial charge is 0.341 e. The van der Waals surface area contributed by atoms with Crippen LogP contribution in [0.4, 0.5) is 0 Å². The summed E-state index contributed by atoms with van der Waals surface area (Å²) in [6.45, 7) is 1.66. The van der Waals surface area contributed by atoms with Gasteiger partial charge in [-0.3, -0.25) is 5.01 Å². The molecule has 4 nitrogen and oxygen atoms in total. The van der Waals surface area contributed by atoms with Gasteiger partial charge in [0.1, 0.15) is 0 Å². The van der Waals surface area contributed by atoms with Gasteiger partial charge < -0.3 is 4.74 Å². The summed E-state index contributed by atoms with van der Waals surface area (Å²) in [5.41, 5.74) is 0.890. The molecule has 0 aromatic heterocycles. The monoisotopic (exact) mass is 204 g/mol. The van der Waals surface area contributed by atoms with Crippen molar-refractivity contribution in [3.63, 3.8) is 0 Å². The van der Waals surface area contributed by atoms with Gasteiger partial charge in [0.25, 0.3) is 0 Å². The number of benzene rings is 1. The van der Waals surface area contributed by atoms with Gasteiger partial charge in [0.2, 0.25) is 5.90 Å². The molecule has 0 spiro atoms. The molecule has 1 unspecified atom stereocenters. The molecule has 1 aromatic carbocycles. The highest BCUT2D eigenvalue weighted by molar-refractivity contribution is 5.92. The van der Waals surface area contributed by atoms with Crippen molar-refractivity contribution in [1.82, 2.24) is 5.01 Å². The molecule has 2 rings (SSSR count). The molecule has 0 saturated carbocycles. The number of nitrogens with zero attached hydrogens (tertiary/aromatic N) is 2. The first-order valence-corrected chi connectivity index (χ1v) is 4.73. The number of hydrogen-bond donors (Lipinski definition) is 0. The first-order valence-electron chi connectivity index (χ1n) is 4.73. The van der Waals surface area contributed by atoms with E-state index in [4.69, 9.17) is 4.74 Å². The van der Waals surface area contributed by atoms with E-state index in [0.717, 1.165) is 5.56 Å². The molecule has 15 heavy (non-hydrogen) atoms. The largest absolute Gasteiger partial charge is 0.408 e.